The first-order chi connectivity index (χ1) is 16.9. The lowest BCUT2D eigenvalue weighted by molar-refractivity contribution is 0.0927. The Morgan fingerprint density at radius 3 is 2.74 bits per heavy atom. The fraction of sp³-hybridized carbons (Fsp3) is 0.375. The summed E-state index contributed by atoms with van der Waals surface area (Å²) in [5.41, 5.74) is 7.08. The molecule has 1 aliphatic carbocycles. The number of anilines is 3. The van der Waals surface area contributed by atoms with E-state index in [2.05, 4.69) is 25.8 Å². The molecule has 1 saturated heterocycles. The number of carbonyl (C=O) groups is 2. The van der Waals surface area contributed by atoms with Crippen LogP contribution in [0, 0.1) is 12.7 Å². The van der Waals surface area contributed by atoms with E-state index in [0.717, 1.165) is 31.2 Å². The van der Waals surface area contributed by atoms with Gasteiger partial charge in [0.25, 0.3) is 11.8 Å². The average Bonchev–Trinajstić information content (AvgIpc) is 3.61. The molecule has 10 nitrogen and oxygen atoms in total. The van der Waals surface area contributed by atoms with Crippen LogP contribution in [0.5, 0.6) is 0 Å². The van der Waals surface area contributed by atoms with Gasteiger partial charge in [0.05, 0.1) is 17.5 Å². The fourth-order valence-corrected chi connectivity index (χ4v) is 4.29. The molecular weight excluding hydrogens is 453 g/mol. The van der Waals surface area contributed by atoms with Crippen LogP contribution in [0.4, 0.5) is 21.9 Å². The molecule has 182 valence electrons. The van der Waals surface area contributed by atoms with E-state index in [1.165, 1.54) is 12.3 Å². The van der Waals surface area contributed by atoms with Gasteiger partial charge in [-0.3, -0.25) is 9.59 Å². The number of aryl methyl sites for hydroxylation is 1. The summed E-state index contributed by atoms with van der Waals surface area (Å²) in [5, 5.41) is 9.65. The number of rotatable bonds is 7. The second kappa shape index (κ2) is 9.32. The highest BCUT2D eigenvalue weighted by molar-refractivity contribution is 5.96. The summed E-state index contributed by atoms with van der Waals surface area (Å²) in [4.78, 5) is 35.3. The summed E-state index contributed by atoms with van der Waals surface area (Å²) in [7, 11) is 0. The van der Waals surface area contributed by atoms with E-state index >= 15 is 0 Å². The Bertz CT molecular complexity index is 1270. The second-order valence-corrected chi connectivity index (χ2v) is 9.02. The lowest BCUT2D eigenvalue weighted by Crippen LogP contribution is -2.48. The third-order valence-electron chi connectivity index (χ3n) is 6.23. The minimum atomic E-state index is -0.735. The molecule has 0 unspecified atom stereocenters. The summed E-state index contributed by atoms with van der Waals surface area (Å²) < 4.78 is 19.7. The Hall–Kier alpha value is -4.02. The van der Waals surface area contributed by atoms with E-state index in [9.17, 15) is 14.0 Å². The van der Waals surface area contributed by atoms with Gasteiger partial charge in [-0.1, -0.05) is 11.2 Å². The monoisotopic (exact) mass is 479 g/mol. The predicted octanol–water partition coefficient (Wildman–Crippen LogP) is 3.03. The minimum Gasteiger partial charge on any atom is -0.364 e. The molecule has 1 saturated carbocycles. The average molecular weight is 480 g/mol. The number of primary amides is 1. The van der Waals surface area contributed by atoms with E-state index in [-0.39, 0.29) is 23.1 Å². The Kier molecular flexibility index (Phi) is 6.06. The van der Waals surface area contributed by atoms with Gasteiger partial charge in [0, 0.05) is 25.2 Å². The number of nitrogens with zero attached hydrogens (tertiary/aromatic N) is 4. The van der Waals surface area contributed by atoms with Crippen molar-refractivity contribution in [3.8, 4) is 0 Å². The minimum absolute atomic E-state index is 0.0326. The topological polar surface area (TPSA) is 139 Å². The molecule has 0 radical (unpaired) electrons. The molecule has 2 aliphatic rings. The SMILES string of the molecule is Cc1cc(Nc2nc(N3CCC[C@@H](NC(=O)c4ccc(C5CC5)cc4F)C3)cnc2C(N)=O)on1. The van der Waals surface area contributed by atoms with Gasteiger partial charge < -0.3 is 25.8 Å². The number of benzene rings is 1. The van der Waals surface area contributed by atoms with Gasteiger partial charge in [0.15, 0.2) is 11.5 Å². The smallest absolute Gasteiger partial charge is 0.271 e. The Labute approximate surface area is 201 Å². The van der Waals surface area contributed by atoms with Crippen LogP contribution in [0.25, 0.3) is 0 Å². The van der Waals surface area contributed by atoms with Crippen molar-refractivity contribution in [2.45, 2.75) is 44.6 Å². The van der Waals surface area contributed by atoms with Crippen LogP contribution >= 0.6 is 0 Å². The first-order valence-electron chi connectivity index (χ1n) is 11.6. The number of halogens is 1. The molecule has 1 atom stereocenters. The Balaban J connectivity index is 1.29. The summed E-state index contributed by atoms with van der Waals surface area (Å²) >= 11 is 0. The van der Waals surface area contributed by atoms with Gasteiger partial charge in [0.1, 0.15) is 11.6 Å². The molecule has 4 N–H and O–H groups in total. The van der Waals surface area contributed by atoms with Crippen LogP contribution in [-0.2, 0) is 0 Å². The first kappa shape index (κ1) is 22.8. The van der Waals surface area contributed by atoms with Gasteiger partial charge in [-0.2, -0.15) is 0 Å². The van der Waals surface area contributed by atoms with E-state index in [1.54, 1.807) is 19.1 Å². The number of piperidine rings is 1. The largest absolute Gasteiger partial charge is 0.364 e. The second-order valence-electron chi connectivity index (χ2n) is 9.02. The van der Waals surface area contributed by atoms with Crippen molar-refractivity contribution in [1.82, 2.24) is 20.4 Å². The number of nitrogens with one attached hydrogen (secondary N) is 2. The van der Waals surface area contributed by atoms with Gasteiger partial charge in [0.2, 0.25) is 5.88 Å². The summed E-state index contributed by atoms with van der Waals surface area (Å²) in [6, 6.07) is 6.33. The number of hydrogen-bond acceptors (Lipinski definition) is 8. The van der Waals surface area contributed by atoms with Crippen LogP contribution in [-0.4, -0.2) is 46.1 Å². The van der Waals surface area contributed by atoms with Crippen LogP contribution in [0.2, 0.25) is 0 Å². The Morgan fingerprint density at radius 1 is 1.23 bits per heavy atom. The maximum atomic E-state index is 14.6. The molecule has 2 amide bonds. The van der Waals surface area contributed by atoms with Crippen molar-refractivity contribution in [3.63, 3.8) is 0 Å². The molecule has 3 aromatic rings. The number of aromatic nitrogens is 3. The molecule has 35 heavy (non-hydrogen) atoms. The van der Waals surface area contributed by atoms with Gasteiger partial charge in [-0.15, -0.1) is 0 Å². The van der Waals surface area contributed by atoms with Gasteiger partial charge in [-0.05, 0) is 56.2 Å². The zero-order chi connectivity index (χ0) is 24.5. The molecule has 2 fully saturated rings. The third-order valence-corrected chi connectivity index (χ3v) is 6.23. The molecule has 1 aliphatic heterocycles. The van der Waals surface area contributed by atoms with Crippen LogP contribution < -0.4 is 21.3 Å². The highest BCUT2D eigenvalue weighted by Crippen LogP contribution is 2.40. The highest BCUT2D eigenvalue weighted by Gasteiger charge is 2.27. The molecule has 3 heterocycles. The van der Waals surface area contributed by atoms with Crippen molar-refractivity contribution in [1.29, 1.82) is 0 Å². The molecule has 1 aromatic carbocycles. The number of hydrogen-bond donors (Lipinski definition) is 3. The first-order valence-corrected chi connectivity index (χ1v) is 11.6. The summed E-state index contributed by atoms with van der Waals surface area (Å²) in [6.45, 7) is 2.91. The molecule has 2 aromatic heterocycles. The Morgan fingerprint density at radius 2 is 2.06 bits per heavy atom. The maximum absolute atomic E-state index is 14.6. The lowest BCUT2D eigenvalue weighted by atomic mass is 10.0. The van der Waals surface area contributed by atoms with Gasteiger partial charge in [-0.25, -0.2) is 14.4 Å². The summed E-state index contributed by atoms with van der Waals surface area (Å²) in [5.74, 6) is -0.289. The van der Waals surface area contributed by atoms with Crippen molar-refractivity contribution in [2.75, 3.05) is 23.3 Å². The normalized spacial score (nSPS) is 17.8. The van der Waals surface area contributed by atoms with Crippen LogP contribution in [0.3, 0.4) is 0 Å². The van der Waals surface area contributed by atoms with E-state index < -0.39 is 17.6 Å². The standard InChI is InChI=1S/C24H26FN7O3/c1-13-9-20(35-31-13)30-23-21(22(26)33)27-11-19(29-23)32-8-2-3-16(12-32)28-24(34)17-7-6-15(10-18(17)25)14-4-5-14/h6-7,9-11,14,16H,2-5,8,12H2,1H3,(H2,26,33)(H,28,34)(H,29,30)/t16-/m1/s1. The maximum Gasteiger partial charge on any atom is 0.271 e. The highest BCUT2D eigenvalue weighted by atomic mass is 19.1. The van der Waals surface area contributed by atoms with Crippen molar-refractivity contribution < 1.29 is 18.5 Å². The molecule has 0 bridgehead atoms. The predicted molar refractivity (Wildman–Crippen MR) is 126 cm³/mol. The fourth-order valence-electron chi connectivity index (χ4n) is 4.29. The van der Waals surface area contributed by atoms with Crippen molar-refractivity contribution in [2.24, 2.45) is 5.73 Å². The van der Waals surface area contributed by atoms with E-state index in [4.69, 9.17) is 10.3 Å². The number of carbonyl (C=O) groups excluding carboxylic acids is 2. The molecule has 0 spiro atoms. The third kappa shape index (κ3) is 5.08. The van der Waals surface area contributed by atoms with E-state index in [0.29, 0.717) is 36.4 Å². The zero-order valence-corrected chi connectivity index (χ0v) is 19.3. The van der Waals surface area contributed by atoms with Crippen LogP contribution in [0.1, 0.15) is 63.7 Å². The quantitative estimate of drug-likeness (QED) is 0.470. The van der Waals surface area contributed by atoms with Crippen molar-refractivity contribution >= 4 is 29.3 Å². The molecule has 11 heteroatoms. The number of nitrogens with two attached hydrogens (primary N) is 1. The lowest BCUT2D eigenvalue weighted by Gasteiger charge is -2.34. The molecular formula is C24H26FN7O3. The van der Waals surface area contributed by atoms with Crippen LogP contribution in [0.15, 0.2) is 35.0 Å². The van der Waals surface area contributed by atoms with Crippen molar-refractivity contribution in [3.05, 3.63) is 58.8 Å². The van der Waals surface area contributed by atoms with E-state index in [1.807, 2.05) is 11.0 Å². The summed E-state index contributed by atoms with van der Waals surface area (Å²) in [6.07, 6.45) is 5.15. The molecule has 5 rings (SSSR count). The number of amides is 2. The zero-order valence-electron chi connectivity index (χ0n) is 19.3. The van der Waals surface area contributed by atoms with Gasteiger partial charge >= 0.3 is 0 Å².